The summed E-state index contributed by atoms with van der Waals surface area (Å²) in [5, 5.41) is 14.6. The molecule has 3 aromatic rings. The average molecular weight is 434 g/mol. The van der Waals surface area contributed by atoms with Crippen LogP contribution in [0.3, 0.4) is 0 Å². The topological polar surface area (TPSA) is 120 Å². The van der Waals surface area contributed by atoms with Crippen LogP contribution >= 0.6 is 0 Å². The first-order valence-electron chi connectivity index (χ1n) is 10.9. The van der Waals surface area contributed by atoms with Gasteiger partial charge >= 0.3 is 0 Å². The zero-order chi connectivity index (χ0) is 22.8. The van der Waals surface area contributed by atoms with Gasteiger partial charge in [-0.3, -0.25) is 14.3 Å². The van der Waals surface area contributed by atoms with Crippen LogP contribution in [0.2, 0.25) is 0 Å². The number of hydrazone groups is 1. The molecule has 0 spiro atoms. The van der Waals surface area contributed by atoms with Gasteiger partial charge in [-0.1, -0.05) is 6.07 Å². The summed E-state index contributed by atoms with van der Waals surface area (Å²) in [5.41, 5.74) is 6.07. The van der Waals surface area contributed by atoms with E-state index in [4.69, 9.17) is 5.84 Å². The number of aryl methyl sites for hydroxylation is 1. The van der Waals surface area contributed by atoms with Crippen LogP contribution in [0.5, 0.6) is 0 Å². The van der Waals surface area contributed by atoms with E-state index in [1.165, 1.54) is 0 Å². The van der Waals surface area contributed by atoms with Crippen LogP contribution in [0.15, 0.2) is 40.6 Å². The monoisotopic (exact) mass is 433 g/mol. The molecule has 1 saturated carbocycles. The SMILES string of the molecule is C[NH+]=CC(=NN)c1ccc(Cc2cc3c(=O)n([C@H]4CCC[C@@H]4O)cnc3c(C)c2C)cn1. The molecule has 4 rings (SSSR count). The molecular weight excluding hydrogens is 404 g/mol. The van der Waals surface area contributed by atoms with E-state index >= 15 is 0 Å². The maximum Gasteiger partial charge on any atom is 0.261 e. The number of nitrogens with two attached hydrogens (primary N) is 1. The van der Waals surface area contributed by atoms with Crippen molar-refractivity contribution in [2.75, 3.05) is 7.05 Å². The summed E-state index contributed by atoms with van der Waals surface area (Å²) in [5.74, 6) is 5.45. The van der Waals surface area contributed by atoms with E-state index in [-0.39, 0.29) is 11.6 Å². The number of pyridine rings is 1. The summed E-state index contributed by atoms with van der Waals surface area (Å²) in [6.07, 6.45) is 7.67. The number of fused-ring (bicyclic) bond motifs is 1. The zero-order valence-electron chi connectivity index (χ0n) is 18.7. The molecule has 8 nitrogen and oxygen atoms in total. The fraction of sp³-hybridized carbons (Fsp3) is 0.375. The van der Waals surface area contributed by atoms with Crippen LogP contribution in [0.25, 0.3) is 10.9 Å². The van der Waals surface area contributed by atoms with Crippen LogP contribution < -0.4 is 16.4 Å². The van der Waals surface area contributed by atoms with E-state index in [0.717, 1.165) is 47.0 Å². The van der Waals surface area contributed by atoms with Crippen molar-refractivity contribution in [3.8, 4) is 0 Å². The minimum atomic E-state index is -0.496. The lowest BCUT2D eigenvalue weighted by Crippen LogP contribution is -2.64. The molecule has 32 heavy (non-hydrogen) atoms. The molecule has 1 aliphatic rings. The Labute approximate surface area is 186 Å². The first kappa shape index (κ1) is 21.8. The smallest absolute Gasteiger partial charge is 0.261 e. The standard InChI is InChI=1S/C24H28N6O2/c1-14-15(2)23-18(24(32)30(13-28-23)21-5-4-6-22(21)31)10-17(14)9-16-7-8-19(27-11-16)20(29-25)12-26-3/h7-8,10-13,21-22,31H,4-6,9,25H2,1-3H3/p+1/t21-,22-/m0/s1. The molecule has 2 atom stereocenters. The Morgan fingerprint density at radius 1 is 1.31 bits per heavy atom. The van der Waals surface area contributed by atoms with Crippen LogP contribution in [0.1, 0.15) is 53.3 Å². The Kier molecular flexibility index (Phi) is 6.14. The normalized spacial score (nSPS) is 19.3. The molecule has 166 valence electrons. The predicted molar refractivity (Wildman–Crippen MR) is 125 cm³/mol. The van der Waals surface area contributed by atoms with Crippen molar-refractivity contribution in [3.05, 3.63) is 69.0 Å². The van der Waals surface area contributed by atoms with Crippen molar-refractivity contribution in [2.24, 2.45) is 10.9 Å². The molecule has 0 radical (unpaired) electrons. The highest BCUT2D eigenvalue weighted by Gasteiger charge is 2.28. The fourth-order valence-corrected chi connectivity index (χ4v) is 4.49. The van der Waals surface area contributed by atoms with Crippen molar-refractivity contribution in [3.63, 3.8) is 0 Å². The van der Waals surface area contributed by atoms with Gasteiger partial charge < -0.3 is 10.9 Å². The van der Waals surface area contributed by atoms with Crippen LogP contribution in [-0.2, 0) is 6.42 Å². The van der Waals surface area contributed by atoms with E-state index < -0.39 is 6.10 Å². The summed E-state index contributed by atoms with van der Waals surface area (Å²) >= 11 is 0. The number of aliphatic hydroxyl groups excluding tert-OH is 1. The molecule has 0 saturated heterocycles. The highest BCUT2D eigenvalue weighted by atomic mass is 16.3. The lowest BCUT2D eigenvalue weighted by Gasteiger charge is -2.19. The summed E-state index contributed by atoms with van der Waals surface area (Å²) in [6.45, 7) is 4.06. The fourth-order valence-electron chi connectivity index (χ4n) is 4.49. The summed E-state index contributed by atoms with van der Waals surface area (Å²) < 4.78 is 1.61. The Morgan fingerprint density at radius 2 is 2.12 bits per heavy atom. The van der Waals surface area contributed by atoms with Gasteiger partial charge in [0.15, 0.2) is 11.9 Å². The molecule has 2 heterocycles. The Bertz CT molecular complexity index is 1260. The number of aliphatic hydroxyl groups is 1. The van der Waals surface area contributed by atoms with Crippen LogP contribution in [-0.4, -0.2) is 44.7 Å². The van der Waals surface area contributed by atoms with E-state index in [9.17, 15) is 9.90 Å². The van der Waals surface area contributed by atoms with Gasteiger partial charge in [0.2, 0.25) is 0 Å². The van der Waals surface area contributed by atoms with Crippen LogP contribution in [0, 0.1) is 13.8 Å². The van der Waals surface area contributed by atoms with Gasteiger partial charge in [0.25, 0.3) is 5.56 Å². The van der Waals surface area contributed by atoms with Gasteiger partial charge in [0.1, 0.15) is 7.05 Å². The van der Waals surface area contributed by atoms with Crippen LogP contribution in [0.4, 0.5) is 0 Å². The first-order valence-corrected chi connectivity index (χ1v) is 10.9. The molecule has 1 aliphatic carbocycles. The molecule has 1 fully saturated rings. The molecule has 0 aliphatic heterocycles. The quantitative estimate of drug-likeness (QED) is 0.308. The highest BCUT2D eigenvalue weighted by molar-refractivity contribution is 6.35. The predicted octanol–water partition coefficient (Wildman–Crippen LogP) is 0.529. The summed E-state index contributed by atoms with van der Waals surface area (Å²) in [6, 6.07) is 5.62. The molecule has 8 heteroatoms. The third kappa shape index (κ3) is 3.93. The number of hydrogen-bond donors (Lipinski definition) is 3. The van der Waals surface area contributed by atoms with Crippen molar-refractivity contribution in [1.82, 2.24) is 14.5 Å². The maximum absolute atomic E-state index is 13.3. The average Bonchev–Trinajstić information content (AvgIpc) is 3.22. The molecule has 0 bridgehead atoms. The first-order chi connectivity index (χ1) is 15.4. The van der Waals surface area contributed by atoms with E-state index in [1.807, 2.05) is 25.1 Å². The molecular formula is C24H29N6O2+. The van der Waals surface area contributed by atoms with Gasteiger partial charge in [-0.2, -0.15) is 5.10 Å². The van der Waals surface area contributed by atoms with Gasteiger partial charge in [0.05, 0.1) is 35.1 Å². The molecule has 0 amide bonds. The Morgan fingerprint density at radius 3 is 2.75 bits per heavy atom. The summed E-state index contributed by atoms with van der Waals surface area (Å²) in [4.78, 5) is 25.3. The van der Waals surface area contributed by atoms with E-state index in [1.54, 1.807) is 30.4 Å². The zero-order valence-corrected chi connectivity index (χ0v) is 18.7. The van der Waals surface area contributed by atoms with Crippen molar-refractivity contribution in [2.45, 2.75) is 51.7 Å². The number of nitrogens with zero attached hydrogens (tertiary/aromatic N) is 4. The van der Waals surface area contributed by atoms with E-state index in [2.05, 4.69) is 27.0 Å². The largest absolute Gasteiger partial charge is 0.391 e. The molecule has 1 aromatic carbocycles. The number of nitrogens with one attached hydrogen (secondary N) is 1. The number of benzene rings is 1. The third-order valence-electron chi connectivity index (χ3n) is 6.45. The number of hydrogen-bond acceptors (Lipinski definition) is 6. The Balaban J connectivity index is 1.72. The minimum Gasteiger partial charge on any atom is -0.391 e. The second kappa shape index (κ2) is 9.00. The van der Waals surface area contributed by atoms with Gasteiger partial charge in [0, 0.05) is 6.20 Å². The number of rotatable bonds is 5. The van der Waals surface area contributed by atoms with E-state index in [0.29, 0.717) is 23.2 Å². The second-order valence-electron chi connectivity index (χ2n) is 8.38. The highest BCUT2D eigenvalue weighted by Crippen LogP contribution is 2.30. The Hall–Kier alpha value is -3.39. The molecule has 4 N–H and O–H groups in total. The lowest BCUT2D eigenvalue weighted by molar-refractivity contribution is -0.412. The van der Waals surface area contributed by atoms with Gasteiger partial charge in [-0.25, -0.2) is 9.98 Å². The van der Waals surface area contributed by atoms with Crippen molar-refractivity contribution >= 4 is 22.8 Å². The minimum absolute atomic E-state index is 0.0924. The molecule has 2 aromatic heterocycles. The van der Waals surface area contributed by atoms with Crippen molar-refractivity contribution in [1.29, 1.82) is 0 Å². The van der Waals surface area contributed by atoms with Crippen molar-refractivity contribution < 1.29 is 10.1 Å². The second-order valence-corrected chi connectivity index (χ2v) is 8.38. The lowest BCUT2D eigenvalue weighted by atomic mass is 9.95. The number of aromatic nitrogens is 3. The third-order valence-corrected chi connectivity index (χ3v) is 6.45. The maximum atomic E-state index is 13.3. The van der Waals surface area contributed by atoms with Gasteiger partial charge in [-0.15, -0.1) is 0 Å². The summed E-state index contributed by atoms with van der Waals surface area (Å²) in [7, 11) is 1.78. The van der Waals surface area contributed by atoms with Gasteiger partial charge in [-0.05, 0) is 73.9 Å². The molecule has 0 unspecified atom stereocenters.